The van der Waals surface area contributed by atoms with Crippen molar-refractivity contribution < 1.29 is 4.74 Å². The molecular weight excluding hydrogens is 236 g/mol. The van der Waals surface area contributed by atoms with E-state index in [9.17, 15) is 0 Å². The topological polar surface area (TPSA) is 45.9 Å². The highest BCUT2D eigenvalue weighted by Gasteiger charge is 1.99. The van der Waals surface area contributed by atoms with E-state index in [-0.39, 0.29) is 0 Å². The van der Waals surface area contributed by atoms with Gasteiger partial charge in [0.25, 0.3) is 0 Å². The lowest BCUT2D eigenvalue weighted by molar-refractivity contribution is 0.294. The molecule has 0 spiro atoms. The summed E-state index contributed by atoms with van der Waals surface area (Å²) in [6.45, 7) is 0.402. The van der Waals surface area contributed by atoms with Crippen LogP contribution in [0.5, 0.6) is 5.88 Å². The number of nitrogens with zero attached hydrogens (tertiary/aromatic N) is 2. The van der Waals surface area contributed by atoms with Crippen LogP contribution in [-0.2, 0) is 6.61 Å². The Balaban J connectivity index is 2.02. The summed E-state index contributed by atoms with van der Waals surface area (Å²) in [5, 5.41) is 9.42. The predicted molar refractivity (Wildman–Crippen MR) is 64.7 cm³/mol. The van der Waals surface area contributed by atoms with Crippen LogP contribution in [0.3, 0.4) is 0 Å². The van der Waals surface area contributed by atoms with E-state index in [4.69, 9.17) is 21.6 Å². The smallest absolute Gasteiger partial charge is 0.214 e. The Labute approximate surface area is 104 Å². The molecule has 3 nitrogen and oxygen atoms in total. The van der Waals surface area contributed by atoms with Crippen molar-refractivity contribution in [1.82, 2.24) is 4.98 Å². The number of aromatic nitrogens is 1. The van der Waals surface area contributed by atoms with Crippen LogP contribution in [-0.4, -0.2) is 4.98 Å². The average molecular weight is 245 g/mol. The van der Waals surface area contributed by atoms with Crippen LogP contribution in [0, 0.1) is 11.3 Å². The molecule has 0 aliphatic rings. The maximum absolute atomic E-state index is 8.73. The molecule has 1 heterocycles. The first kappa shape index (κ1) is 11.4. The maximum Gasteiger partial charge on any atom is 0.214 e. The summed E-state index contributed by atoms with van der Waals surface area (Å²) in [6.07, 6.45) is 1.55. The lowest BCUT2D eigenvalue weighted by Crippen LogP contribution is -1.97. The summed E-state index contributed by atoms with van der Waals surface area (Å²) in [7, 11) is 0. The molecule has 0 fully saturated rings. The number of hydrogen-bond donors (Lipinski definition) is 0. The molecule has 4 heteroatoms. The van der Waals surface area contributed by atoms with Gasteiger partial charge < -0.3 is 4.74 Å². The Morgan fingerprint density at radius 1 is 1.24 bits per heavy atom. The van der Waals surface area contributed by atoms with E-state index in [1.165, 1.54) is 0 Å². The van der Waals surface area contributed by atoms with Crippen LogP contribution < -0.4 is 4.74 Å². The van der Waals surface area contributed by atoms with Crippen molar-refractivity contribution >= 4 is 11.6 Å². The molecule has 0 amide bonds. The van der Waals surface area contributed by atoms with Crippen LogP contribution in [0.1, 0.15) is 11.1 Å². The summed E-state index contributed by atoms with van der Waals surface area (Å²) in [6, 6.07) is 12.7. The first-order valence-corrected chi connectivity index (χ1v) is 5.39. The highest BCUT2D eigenvalue weighted by atomic mass is 35.5. The molecule has 2 aromatic rings. The molecule has 0 radical (unpaired) electrons. The van der Waals surface area contributed by atoms with Gasteiger partial charge in [0, 0.05) is 17.3 Å². The Morgan fingerprint density at radius 3 is 2.71 bits per heavy atom. The van der Waals surface area contributed by atoms with Gasteiger partial charge >= 0.3 is 0 Å². The molecule has 1 aromatic heterocycles. The van der Waals surface area contributed by atoms with Crippen molar-refractivity contribution in [3.63, 3.8) is 0 Å². The predicted octanol–water partition coefficient (Wildman–Crippen LogP) is 3.19. The summed E-state index contributed by atoms with van der Waals surface area (Å²) >= 11 is 5.78. The van der Waals surface area contributed by atoms with Gasteiger partial charge in [-0.2, -0.15) is 5.26 Å². The minimum atomic E-state index is 0.402. The van der Waals surface area contributed by atoms with Crippen molar-refractivity contribution in [2.45, 2.75) is 6.61 Å². The van der Waals surface area contributed by atoms with E-state index in [2.05, 4.69) is 4.98 Å². The van der Waals surface area contributed by atoms with E-state index in [1.807, 2.05) is 18.2 Å². The second-order valence-corrected chi connectivity index (χ2v) is 3.85. The Morgan fingerprint density at radius 2 is 2.00 bits per heavy atom. The number of benzene rings is 1. The van der Waals surface area contributed by atoms with E-state index in [0.717, 1.165) is 5.56 Å². The van der Waals surface area contributed by atoms with Gasteiger partial charge in [-0.3, -0.25) is 0 Å². The molecule has 1 aromatic carbocycles. The zero-order valence-electron chi connectivity index (χ0n) is 8.93. The van der Waals surface area contributed by atoms with E-state index < -0.39 is 0 Å². The van der Waals surface area contributed by atoms with Crippen molar-refractivity contribution in [3.8, 4) is 11.9 Å². The number of nitriles is 1. The van der Waals surface area contributed by atoms with Crippen LogP contribution in [0.15, 0.2) is 42.6 Å². The Hall–Kier alpha value is -2.05. The largest absolute Gasteiger partial charge is 0.473 e. The molecule has 84 valence electrons. The van der Waals surface area contributed by atoms with E-state index in [0.29, 0.717) is 23.1 Å². The van der Waals surface area contributed by atoms with Gasteiger partial charge in [-0.25, -0.2) is 4.98 Å². The summed E-state index contributed by atoms with van der Waals surface area (Å²) in [5.41, 5.74) is 1.53. The monoisotopic (exact) mass is 244 g/mol. The van der Waals surface area contributed by atoms with Crippen molar-refractivity contribution in [3.05, 3.63) is 58.7 Å². The molecule has 0 atom stereocenters. The van der Waals surface area contributed by atoms with Gasteiger partial charge in [-0.1, -0.05) is 23.7 Å². The van der Waals surface area contributed by atoms with Gasteiger partial charge in [-0.15, -0.1) is 0 Å². The maximum atomic E-state index is 8.73. The Bertz CT molecular complexity index is 546. The fraction of sp³-hybridized carbons (Fsp3) is 0.0769. The molecule has 0 N–H and O–H groups in total. The lowest BCUT2D eigenvalue weighted by atomic mass is 10.2. The minimum Gasteiger partial charge on any atom is -0.473 e. The summed E-state index contributed by atoms with van der Waals surface area (Å²) in [4.78, 5) is 4.02. The fourth-order valence-corrected chi connectivity index (χ4v) is 1.42. The van der Waals surface area contributed by atoms with Crippen LogP contribution in [0.4, 0.5) is 0 Å². The number of halogens is 1. The molecule has 17 heavy (non-hydrogen) atoms. The zero-order chi connectivity index (χ0) is 12.1. The van der Waals surface area contributed by atoms with Crippen molar-refractivity contribution in [1.29, 1.82) is 5.26 Å². The summed E-state index contributed by atoms with van der Waals surface area (Å²) in [5.74, 6) is 0.444. The lowest BCUT2D eigenvalue weighted by Gasteiger charge is -2.05. The normalized spacial score (nSPS) is 9.65. The second-order valence-electron chi connectivity index (χ2n) is 3.41. The summed E-state index contributed by atoms with van der Waals surface area (Å²) < 4.78 is 5.47. The zero-order valence-corrected chi connectivity index (χ0v) is 9.69. The first-order valence-electron chi connectivity index (χ1n) is 5.01. The molecule has 0 saturated heterocycles. The van der Waals surface area contributed by atoms with Crippen molar-refractivity contribution in [2.75, 3.05) is 0 Å². The standard InChI is InChI=1S/C13H9ClN2O/c14-12-3-1-10(2-4-12)9-17-13-7-11(8-15)5-6-16-13/h1-7H,9H2. The van der Waals surface area contributed by atoms with Crippen LogP contribution >= 0.6 is 11.6 Å². The molecule has 0 bridgehead atoms. The van der Waals surface area contributed by atoms with E-state index in [1.54, 1.807) is 30.5 Å². The van der Waals surface area contributed by atoms with Crippen molar-refractivity contribution in [2.24, 2.45) is 0 Å². The number of pyridine rings is 1. The van der Waals surface area contributed by atoms with Gasteiger partial charge in [0.15, 0.2) is 0 Å². The van der Waals surface area contributed by atoms with E-state index >= 15 is 0 Å². The highest BCUT2D eigenvalue weighted by molar-refractivity contribution is 6.30. The first-order chi connectivity index (χ1) is 8.28. The fourth-order valence-electron chi connectivity index (χ4n) is 1.30. The third kappa shape index (κ3) is 3.20. The van der Waals surface area contributed by atoms with Crippen LogP contribution in [0.2, 0.25) is 5.02 Å². The van der Waals surface area contributed by atoms with Crippen LogP contribution in [0.25, 0.3) is 0 Å². The minimum absolute atomic E-state index is 0.402. The van der Waals surface area contributed by atoms with Gasteiger partial charge in [0.05, 0.1) is 11.6 Å². The molecule has 0 aliphatic carbocycles. The third-order valence-corrected chi connectivity index (χ3v) is 2.42. The quantitative estimate of drug-likeness (QED) is 0.833. The average Bonchev–Trinajstić information content (AvgIpc) is 2.38. The third-order valence-electron chi connectivity index (χ3n) is 2.16. The number of rotatable bonds is 3. The van der Waals surface area contributed by atoms with Gasteiger partial charge in [0.1, 0.15) is 6.61 Å². The van der Waals surface area contributed by atoms with Gasteiger partial charge in [0.2, 0.25) is 5.88 Å². The highest BCUT2D eigenvalue weighted by Crippen LogP contribution is 2.13. The number of hydrogen-bond acceptors (Lipinski definition) is 3. The second kappa shape index (κ2) is 5.33. The Kier molecular flexibility index (Phi) is 3.59. The molecule has 0 unspecified atom stereocenters. The SMILES string of the molecule is N#Cc1ccnc(OCc2ccc(Cl)cc2)c1. The van der Waals surface area contributed by atoms with Gasteiger partial charge in [-0.05, 0) is 23.8 Å². The molecule has 0 saturated carbocycles. The molecule has 0 aliphatic heterocycles. The number of ether oxygens (including phenoxy) is 1. The molecule has 2 rings (SSSR count). The molecular formula is C13H9ClN2O.